The summed E-state index contributed by atoms with van der Waals surface area (Å²) in [5.41, 5.74) is 5.73. The maximum absolute atomic E-state index is 11.8. The molecule has 0 fully saturated rings. The third kappa shape index (κ3) is 4.10. The number of nitrogens with zero attached hydrogens (tertiary/aromatic N) is 1. The summed E-state index contributed by atoms with van der Waals surface area (Å²) in [6, 6.07) is 4.20. The van der Waals surface area contributed by atoms with Crippen LogP contribution in [0.25, 0.3) is 0 Å². The first-order valence-electron chi connectivity index (χ1n) is 4.82. The fraction of sp³-hybridized carbons (Fsp3) is 0.300. The van der Waals surface area contributed by atoms with Crippen molar-refractivity contribution in [3.8, 4) is 0 Å². The van der Waals surface area contributed by atoms with E-state index in [1.54, 1.807) is 0 Å². The van der Waals surface area contributed by atoms with Crippen LogP contribution in [0.2, 0.25) is 0 Å². The van der Waals surface area contributed by atoms with E-state index in [1.165, 1.54) is 24.3 Å². The molecule has 5 nitrogen and oxygen atoms in total. The molecule has 0 spiro atoms. The Morgan fingerprint density at radius 2 is 1.83 bits per heavy atom. The van der Waals surface area contributed by atoms with Crippen molar-refractivity contribution in [3.63, 3.8) is 0 Å². The first-order chi connectivity index (χ1) is 8.21. The summed E-state index contributed by atoms with van der Waals surface area (Å²) in [6.07, 6.45) is -0.158. The van der Waals surface area contributed by atoms with Crippen LogP contribution in [0.15, 0.2) is 24.3 Å². The molecule has 2 N–H and O–H groups in total. The first-order valence-corrected chi connectivity index (χ1v) is 5.95. The van der Waals surface area contributed by atoms with E-state index < -0.39 is 14.8 Å². The number of Topliss-reactive ketones (excluding diaryl/α,β-unsaturated/α-hetero) is 1. The van der Waals surface area contributed by atoms with Gasteiger partial charge in [-0.15, -0.1) is 0 Å². The Kier molecular flexibility index (Phi) is 4.92. The van der Waals surface area contributed by atoms with E-state index in [0.717, 1.165) is 0 Å². The minimum atomic E-state index is -1.73. The second-order valence-corrected chi connectivity index (χ2v) is 5.95. The Balaban J connectivity index is 2.76. The lowest BCUT2D eigenvalue weighted by Gasteiger charge is -2.18. The van der Waals surface area contributed by atoms with Crippen LogP contribution in [0.5, 0.6) is 0 Å². The van der Waals surface area contributed by atoms with Crippen molar-refractivity contribution in [1.29, 1.82) is 0 Å². The van der Waals surface area contributed by atoms with Gasteiger partial charge in [-0.3, -0.25) is 14.9 Å². The molecular weight excluding hydrogens is 302 g/mol. The molecule has 0 saturated heterocycles. The fourth-order valence-electron chi connectivity index (χ4n) is 1.20. The molecule has 1 atom stereocenters. The zero-order valence-electron chi connectivity index (χ0n) is 8.98. The van der Waals surface area contributed by atoms with Crippen LogP contribution >= 0.6 is 34.8 Å². The van der Waals surface area contributed by atoms with E-state index >= 15 is 0 Å². The summed E-state index contributed by atoms with van der Waals surface area (Å²) in [4.78, 5) is 21.6. The number of nitro benzene ring substituents is 1. The van der Waals surface area contributed by atoms with Gasteiger partial charge in [-0.1, -0.05) is 34.8 Å². The molecule has 1 aromatic rings. The second-order valence-electron chi connectivity index (χ2n) is 3.58. The van der Waals surface area contributed by atoms with Crippen molar-refractivity contribution >= 4 is 46.3 Å². The van der Waals surface area contributed by atoms with Gasteiger partial charge in [-0.25, -0.2) is 0 Å². The van der Waals surface area contributed by atoms with Gasteiger partial charge in [-0.2, -0.15) is 0 Å². The SMILES string of the molecule is N[C@H](CC(=O)c1ccc([N+](=O)[O-])cc1)C(Cl)(Cl)Cl. The van der Waals surface area contributed by atoms with Gasteiger partial charge in [0.1, 0.15) is 0 Å². The van der Waals surface area contributed by atoms with Gasteiger partial charge in [0.05, 0.1) is 11.0 Å². The van der Waals surface area contributed by atoms with Gasteiger partial charge in [0.15, 0.2) is 5.78 Å². The van der Waals surface area contributed by atoms with E-state index in [-0.39, 0.29) is 23.5 Å². The van der Waals surface area contributed by atoms with Gasteiger partial charge < -0.3 is 5.73 Å². The van der Waals surface area contributed by atoms with Gasteiger partial charge in [-0.05, 0) is 12.1 Å². The van der Waals surface area contributed by atoms with Crippen LogP contribution in [0.1, 0.15) is 16.8 Å². The summed E-state index contributed by atoms with van der Waals surface area (Å²) in [7, 11) is 0. The van der Waals surface area contributed by atoms with E-state index in [1.807, 2.05) is 0 Å². The Morgan fingerprint density at radius 3 is 2.22 bits per heavy atom. The summed E-state index contributed by atoms with van der Waals surface area (Å²) >= 11 is 16.6. The Labute approximate surface area is 118 Å². The van der Waals surface area contributed by atoms with E-state index in [9.17, 15) is 14.9 Å². The number of nitrogens with two attached hydrogens (primary N) is 1. The Morgan fingerprint density at radius 1 is 1.33 bits per heavy atom. The standard InChI is InChI=1S/C10H9Cl3N2O3/c11-10(12,13)9(14)5-8(16)6-1-3-7(4-2-6)15(17)18/h1-4,9H,5,14H2/t9-/m1/s1. The first kappa shape index (κ1) is 15.2. The number of carbonyl (C=O) groups is 1. The summed E-state index contributed by atoms with van der Waals surface area (Å²) < 4.78 is -1.73. The molecular formula is C10H9Cl3N2O3. The predicted molar refractivity (Wildman–Crippen MR) is 70.3 cm³/mol. The number of benzene rings is 1. The maximum Gasteiger partial charge on any atom is 0.269 e. The third-order valence-corrected chi connectivity index (χ3v) is 3.07. The molecule has 1 rings (SSSR count). The van der Waals surface area contributed by atoms with Crippen LogP contribution in [0.3, 0.4) is 0 Å². The molecule has 98 valence electrons. The van der Waals surface area contributed by atoms with Gasteiger partial charge >= 0.3 is 0 Å². The van der Waals surface area contributed by atoms with Crippen LogP contribution in [-0.4, -0.2) is 20.5 Å². The summed E-state index contributed by atoms with van der Waals surface area (Å²) in [6.45, 7) is 0. The van der Waals surface area contributed by atoms with Crippen molar-refractivity contribution < 1.29 is 9.72 Å². The van der Waals surface area contributed by atoms with Crippen molar-refractivity contribution in [2.45, 2.75) is 16.3 Å². The van der Waals surface area contributed by atoms with E-state index in [2.05, 4.69) is 0 Å². The quantitative estimate of drug-likeness (QED) is 0.401. The molecule has 8 heteroatoms. The number of halogens is 3. The van der Waals surface area contributed by atoms with Crippen LogP contribution in [0, 0.1) is 10.1 Å². The van der Waals surface area contributed by atoms with Crippen LogP contribution in [-0.2, 0) is 0 Å². The highest BCUT2D eigenvalue weighted by molar-refractivity contribution is 6.68. The predicted octanol–water partition coefficient (Wildman–Crippen LogP) is 2.87. The molecule has 0 unspecified atom stereocenters. The Bertz CT molecular complexity index is 456. The topological polar surface area (TPSA) is 86.2 Å². The summed E-state index contributed by atoms with van der Waals surface area (Å²) in [5, 5.41) is 10.4. The molecule has 0 aliphatic heterocycles. The van der Waals surface area contributed by atoms with Crippen LogP contribution in [0.4, 0.5) is 5.69 Å². The van der Waals surface area contributed by atoms with Crippen molar-refractivity contribution in [2.24, 2.45) is 5.73 Å². The zero-order chi connectivity index (χ0) is 13.9. The average Bonchev–Trinajstić information content (AvgIpc) is 2.27. The average molecular weight is 312 g/mol. The molecule has 0 heterocycles. The van der Waals surface area contributed by atoms with Crippen molar-refractivity contribution in [2.75, 3.05) is 0 Å². The number of hydrogen-bond acceptors (Lipinski definition) is 4. The number of hydrogen-bond donors (Lipinski definition) is 1. The molecule has 0 bridgehead atoms. The lowest BCUT2D eigenvalue weighted by Crippen LogP contribution is -2.36. The van der Waals surface area contributed by atoms with E-state index in [4.69, 9.17) is 40.5 Å². The minimum absolute atomic E-state index is 0.0998. The normalized spacial score (nSPS) is 13.1. The summed E-state index contributed by atoms with van der Waals surface area (Å²) in [5.74, 6) is -0.344. The Hall–Kier alpha value is -0.880. The third-order valence-electron chi connectivity index (χ3n) is 2.23. The van der Waals surface area contributed by atoms with E-state index in [0.29, 0.717) is 0 Å². The lowest BCUT2D eigenvalue weighted by molar-refractivity contribution is -0.384. The largest absolute Gasteiger partial charge is 0.324 e. The van der Waals surface area contributed by atoms with Gasteiger partial charge in [0.25, 0.3) is 5.69 Å². The smallest absolute Gasteiger partial charge is 0.269 e. The number of rotatable bonds is 4. The number of ketones is 1. The molecule has 0 radical (unpaired) electrons. The molecule has 18 heavy (non-hydrogen) atoms. The van der Waals surface area contributed by atoms with Crippen LogP contribution < -0.4 is 5.73 Å². The number of alkyl halides is 3. The number of carbonyl (C=O) groups excluding carboxylic acids is 1. The molecule has 0 saturated carbocycles. The molecule has 0 aliphatic carbocycles. The maximum atomic E-state index is 11.8. The fourth-order valence-corrected chi connectivity index (χ4v) is 1.43. The van der Waals surface area contributed by atoms with Crippen molar-refractivity contribution in [1.82, 2.24) is 0 Å². The lowest BCUT2D eigenvalue weighted by atomic mass is 10.0. The highest BCUT2D eigenvalue weighted by atomic mass is 35.6. The molecule has 0 aromatic heterocycles. The van der Waals surface area contributed by atoms with Gasteiger partial charge in [0, 0.05) is 24.1 Å². The highest BCUT2D eigenvalue weighted by Crippen LogP contribution is 2.31. The molecule has 1 aromatic carbocycles. The monoisotopic (exact) mass is 310 g/mol. The second kappa shape index (κ2) is 5.84. The number of non-ortho nitro benzene ring substituents is 1. The van der Waals surface area contributed by atoms with Gasteiger partial charge in [0.2, 0.25) is 3.79 Å². The molecule has 0 aliphatic rings. The zero-order valence-corrected chi connectivity index (χ0v) is 11.2. The highest BCUT2D eigenvalue weighted by Gasteiger charge is 2.31. The number of nitro groups is 1. The molecule has 0 amide bonds. The minimum Gasteiger partial charge on any atom is -0.324 e. The van der Waals surface area contributed by atoms with Crippen molar-refractivity contribution in [3.05, 3.63) is 39.9 Å².